The number of hydrogen-bond acceptors (Lipinski definition) is 4. The summed E-state index contributed by atoms with van der Waals surface area (Å²) in [6.07, 6.45) is 5.84. The molecule has 1 saturated heterocycles. The number of hydrogen-bond donors (Lipinski definition) is 3. The number of piperidine rings is 1. The van der Waals surface area contributed by atoms with Crippen LogP contribution in [0.4, 0.5) is 5.69 Å². The molecular weight excluding hydrogens is 370 g/mol. The van der Waals surface area contributed by atoms with Gasteiger partial charge in [0.2, 0.25) is 5.91 Å². The normalized spacial score (nSPS) is 16.5. The number of nitrogens with zero attached hydrogens (tertiary/aromatic N) is 1. The fraction of sp³-hybridized carbons (Fsp3) is 0.500. The maximum atomic E-state index is 11.8. The Morgan fingerprint density at radius 2 is 2.17 bits per heavy atom. The molecule has 0 unspecified atom stereocenters. The first-order chi connectivity index (χ1) is 11.6. The van der Waals surface area contributed by atoms with Gasteiger partial charge in [0.25, 0.3) is 0 Å². The lowest BCUT2D eigenvalue weighted by molar-refractivity contribution is -0.122. The number of likely N-dealkylation sites (tertiary alicyclic amines) is 1. The Morgan fingerprint density at radius 1 is 1.42 bits per heavy atom. The van der Waals surface area contributed by atoms with Gasteiger partial charge in [-0.25, -0.2) is 0 Å². The van der Waals surface area contributed by atoms with Crippen molar-refractivity contribution in [3.05, 3.63) is 40.4 Å². The van der Waals surface area contributed by atoms with Gasteiger partial charge in [-0.2, -0.15) is 0 Å². The highest BCUT2D eigenvalue weighted by molar-refractivity contribution is 9.10. The van der Waals surface area contributed by atoms with Crippen LogP contribution < -0.4 is 10.6 Å². The molecule has 0 saturated carbocycles. The molecule has 1 aliphatic heterocycles. The van der Waals surface area contributed by atoms with Gasteiger partial charge in [0, 0.05) is 41.4 Å². The first-order valence-electron chi connectivity index (χ1n) is 8.38. The number of aliphatic hydroxyl groups is 1. The second-order valence-electron chi connectivity index (χ2n) is 6.03. The predicted octanol–water partition coefficient (Wildman–Crippen LogP) is 2.51. The Labute approximate surface area is 152 Å². The summed E-state index contributed by atoms with van der Waals surface area (Å²) in [6, 6.07) is 6.29. The van der Waals surface area contributed by atoms with E-state index in [1.165, 1.54) is 0 Å². The Hall–Kier alpha value is -1.37. The molecule has 1 heterocycles. The molecule has 1 amide bonds. The maximum absolute atomic E-state index is 11.8. The molecule has 0 atom stereocenters. The van der Waals surface area contributed by atoms with Gasteiger partial charge >= 0.3 is 0 Å². The monoisotopic (exact) mass is 395 g/mol. The highest BCUT2D eigenvalue weighted by atomic mass is 79.9. The lowest BCUT2D eigenvalue weighted by Crippen LogP contribution is -2.44. The lowest BCUT2D eigenvalue weighted by atomic mass is 10.0. The minimum Gasteiger partial charge on any atom is -0.392 e. The van der Waals surface area contributed by atoms with Crippen molar-refractivity contribution in [2.75, 3.05) is 31.5 Å². The molecule has 1 aromatic carbocycles. The molecule has 0 aliphatic carbocycles. The number of rotatable bonds is 7. The third-order valence-corrected chi connectivity index (χ3v) is 4.70. The van der Waals surface area contributed by atoms with Gasteiger partial charge < -0.3 is 15.7 Å². The van der Waals surface area contributed by atoms with Crippen molar-refractivity contribution < 1.29 is 9.90 Å². The van der Waals surface area contributed by atoms with E-state index in [0.29, 0.717) is 19.1 Å². The van der Waals surface area contributed by atoms with Crippen LogP contribution in [-0.4, -0.2) is 48.1 Å². The summed E-state index contributed by atoms with van der Waals surface area (Å²) in [5, 5.41) is 15.9. The van der Waals surface area contributed by atoms with Crippen molar-refractivity contribution in [2.45, 2.75) is 32.4 Å². The van der Waals surface area contributed by atoms with Gasteiger partial charge in [0.1, 0.15) is 0 Å². The summed E-state index contributed by atoms with van der Waals surface area (Å²) in [6.45, 7) is 4.83. The molecule has 1 fully saturated rings. The van der Waals surface area contributed by atoms with E-state index >= 15 is 0 Å². The quantitative estimate of drug-likeness (QED) is 0.620. The summed E-state index contributed by atoms with van der Waals surface area (Å²) < 4.78 is 0.968. The SMILES string of the molecule is C/C=C\CNC(=O)CN1CCC(Nc2ccc(Br)cc2CO)CC1. The van der Waals surface area contributed by atoms with Crippen LogP contribution in [0.15, 0.2) is 34.8 Å². The first-order valence-corrected chi connectivity index (χ1v) is 9.17. The average Bonchev–Trinajstić information content (AvgIpc) is 2.58. The van der Waals surface area contributed by atoms with E-state index in [-0.39, 0.29) is 12.5 Å². The fourth-order valence-electron chi connectivity index (χ4n) is 2.84. The molecule has 132 valence electrons. The molecule has 5 nitrogen and oxygen atoms in total. The predicted molar refractivity (Wildman–Crippen MR) is 101 cm³/mol. The average molecular weight is 396 g/mol. The van der Waals surface area contributed by atoms with Crippen LogP contribution in [0.3, 0.4) is 0 Å². The Balaban J connectivity index is 1.78. The zero-order valence-electron chi connectivity index (χ0n) is 14.1. The smallest absolute Gasteiger partial charge is 0.234 e. The van der Waals surface area contributed by atoms with Crippen molar-refractivity contribution in [3.63, 3.8) is 0 Å². The number of aliphatic hydroxyl groups excluding tert-OH is 1. The minimum atomic E-state index is 0.0208. The van der Waals surface area contributed by atoms with E-state index in [1.54, 1.807) is 0 Å². The topological polar surface area (TPSA) is 64.6 Å². The van der Waals surface area contributed by atoms with E-state index in [1.807, 2.05) is 37.3 Å². The Morgan fingerprint density at radius 3 is 2.83 bits per heavy atom. The Kier molecular flexibility index (Phi) is 7.75. The van der Waals surface area contributed by atoms with Crippen LogP contribution in [0.5, 0.6) is 0 Å². The lowest BCUT2D eigenvalue weighted by Gasteiger charge is -2.32. The number of benzene rings is 1. The van der Waals surface area contributed by atoms with Crippen LogP contribution in [0.1, 0.15) is 25.3 Å². The summed E-state index contributed by atoms with van der Waals surface area (Å²) in [5.41, 5.74) is 1.89. The largest absolute Gasteiger partial charge is 0.392 e. The summed E-state index contributed by atoms with van der Waals surface area (Å²) in [7, 11) is 0. The zero-order valence-corrected chi connectivity index (χ0v) is 15.7. The second-order valence-corrected chi connectivity index (χ2v) is 6.94. The minimum absolute atomic E-state index is 0.0208. The van der Waals surface area contributed by atoms with Crippen LogP contribution in [-0.2, 0) is 11.4 Å². The summed E-state index contributed by atoms with van der Waals surface area (Å²) >= 11 is 3.43. The number of allylic oxidation sites excluding steroid dienone is 1. The van der Waals surface area contributed by atoms with Gasteiger partial charge in [-0.1, -0.05) is 28.1 Å². The molecule has 0 bridgehead atoms. The zero-order chi connectivity index (χ0) is 17.4. The molecule has 3 N–H and O–H groups in total. The van der Waals surface area contributed by atoms with Gasteiger partial charge in [0.05, 0.1) is 13.2 Å². The van der Waals surface area contributed by atoms with E-state index in [9.17, 15) is 9.90 Å². The molecule has 6 heteroatoms. The number of amides is 1. The molecule has 0 radical (unpaired) electrons. The molecular formula is C18H26BrN3O2. The van der Waals surface area contributed by atoms with Crippen molar-refractivity contribution in [3.8, 4) is 0 Å². The van der Waals surface area contributed by atoms with Gasteiger partial charge in [0.15, 0.2) is 0 Å². The van der Waals surface area contributed by atoms with Crippen molar-refractivity contribution in [2.24, 2.45) is 0 Å². The van der Waals surface area contributed by atoms with Crippen LogP contribution in [0.25, 0.3) is 0 Å². The third-order valence-electron chi connectivity index (χ3n) is 4.20. The molecule has 1 aliphatic rings. The van der Waals surface area contributed by atoms with E-state index in [4.69, 9.17) is 0 Å². The number of anilines is 1. The maximum Gasteiger partial charge on any atom is 0.234 e. The van der Waals surface area contributed by atoms with Gasteiger partial charge in [-0.05, 0) is 38.0 Å². The molecule has 0 spiro atoms. The van der Waals surface area contributed by atoms with E-state index < -0.39 is 0 Å². The number of nitrogens with one attached hydrogen (secondary N) is 2. The fourth-order valence-corrected chi connectivity index (χ4v) is 3.25. The molecule has 24 heavy (non-hydrogen) atoms. The Bertz CT molecular complexity index is 569. The van der Waals surface area contributed by atoms with Crippen LogP contribution in [0.2, 0.25) is 0 Å². The number of carbonyl (C=O) groups excluding carboxylic acids is 1. The third kappa shape index (κ3) is 5.92. The van der Waals surface area contributed by atoms with E-state index in [2.05, 4.69) is 31.5 Å². The molecule has 0 aromatic heterocycles. The van der Waals surface area contributed by atoms with Crippen molar-refractivity contribution in [1.29, 1.82) is 0 Å². The molecule has 2 rings (SSSR count). The van der Waals surface area contributed by atoms with Crippen molar-refractivity contribution >= 4 is 27.5 Å². The van der Waals surface area contributed by atoms with Gasteiger partial charge in [-0.15, -0.1) is 0 Å². The van der Waals surface area contributed by atoms with Crippen molar-refractivity contribution in [1.82, 2.24) is 10.2 Å². The second kappa shape index (κ2) is 9.81. The van der Waals surface area contributed by atoms with E-state index in [0.717, 1.165) is 41.7 Å². The standard InChI is InChI=1S/C18H26BrN3O2/c1-2-3-8-20-18(24)12-22-9-6-16(7-10-22)21-17-5-4-15(19)11-14(17)13-23/h2-5,11,16,21,23H,6-10,12-13H2,1H3,(H,20,24)/b3-2-. The first kappa shape index (κ1) is 19.0. The highest BCUT2D eigenvalue weighted by Crippen LogP contribution is 2.24. The van der Waals surface area contributed by atoms with Gasteiger partial charge in [-0.3, -0.25) is 9.69 Å². The number of carbonyl (C=O) groups is 1. The summed E-state index contributed by atoms with van der Waals surface area (Å²) in [4.78, 5) is 14.0. The highest BCUT2D eigenvalue weighted by Gasteiger charge is 2.21. The van der Waals surface area contributed by atoms with Crippen LogP contribution in [0, 0.1) is 0 Å². The molecule has 1 aromatic rings. The van der Waals surface area contributed by atoms with Crippen LogP contribution >= 0.6 is 15.9 Å². The number of halogens is 1. The summed E-state index contributed by atoms with van der Waals surface area (Å²) in [5.74, 6) is 0.0787.